The number of alkyl halides is 2. The maximum absolute atomic E-state index is 13.1. The van der Waals surface area contributed by atoms with Crippen LogP contribution in [0.25, 0.3) is 0 Å². The molecule has 1 nitrogen and oxygen atoms in total. The topological polar surface area (TPSA) is 3.24 Å². The van der Waals surface area contributed by atoms with Crippen molar-refractivity contribution in [1.29, 1.82) is 0 Å². The number of hydrogen-bond donors (Lipinski definition) is 0. The molecule has 0 unspecified atom stereocenters. The van der Waals surface area contributed by atoms with Crippen molar-refractivity contribution < 1.29 is 8.78 Å². The van der Waals surface area contributed by atoms with Gasteiger partial charge in [0.15, 0.2) is 0 Å². The van der Waals surface area contributed by atoms with Gasteiger partial charge in [0.2, 0.25) is 0 Å². The monoisotopic (exact) mass is 291 g/mol. The van der Waals surface area contributed by atoms with Gasteiger partial charge < -0.3 is 4.90 Å². The molecule has 1 aliphatic heterocycles. The van der Waals surface area contributed by atoms with Crippen LogP contribution in [0.5, 0.6) is 0 Å². The first-order valence-electron chi connectivity index (χ1n) is 8.23. The summed E-state index contributed by atoms with van der Waals surface area (Å²) in [4.78, 5) is 2.51. The molecule has 4 rings (SSSR count). The molecule has 0 spiro atoms. The quantitative estimate of drug-likeness (QED) is 0.745. The van der Waals surface area contributed by atoms with Gasteiger partial charge in [-0.15, -0.1) is 0 Å². The number of halogens is 2. The summed E-state index contributed by atoms with van der Waals surface area (Å²) in [5, 5.41) is 0. The van der Waals surface area contributed by atoms with Crippen molar-refractivity contribution in [2.24, 2.45) is 5.92 Å². The molecule has 1 heterocycles. The molecule has 2 fully saturated rings. The first-order chi connectivity index (χ1) is 10.1. The third-order valence-electron chi connectivity index (χ3n) is 6.39. The summed E-state index contributed by atoms with van der Waals surface area (Å²) in [7, 11) is 2.24. The predicted octanol–water partition coefficient (Wildman–Crippen LogP) is 4.31. The Balaban J connectivity index is 1.87. The zero-order valence-electron chi connectivity index (χ0n) is 12.6. The van der Waals surface area contributed by atoms with Gasteiger partial charge in [0.05, 0.1) is 0 Å². The zero-order chi connectivity index (χ0) is 14.6. The molecule has 21 heavy (non-hydrogen) atoms. The Labute approximate surface area is 125 Å². The summed E-state index contributed by atoms with van der Waals surface area (Å²) in [6.07, 6.45) is 4.87. The molecule has 3 aliphatic rings. The summed E-state index contributed by atoms with van der Waals surface area (Å²) >= 11 is 0. The Morgan fingerprint density at radius 3 is 2.90 bits per heavy atom. The predicted molar refractivity (Wildman–Crippen MR) is 79.8 cm³/mol. The molecule has 3 heteroatoms. The fraction of sp³-hybridized carbons (Fsp3) is 0.667. The molecule has 1 saturated heterocycles. The van der Waals surface area contributed by atoms with Gasteiger partial charge in [-0.1, -0.05) is 25.0 Å². The largest absolute Gasteiger partial charge is 0.303 e. The van der Waals surface area contributed by atoms with Crippen LogP contribution in [0, 0.1) is 5.92 Å². The Bertz CT molecular complexity index is 556. The molecule has 1 aromatic rings. The number of rotatable bonds is 1. The van der Waals surface area contributed by atoms with Gasteiger partial charge in [-0.2, -0.15) is 0 Å². The fourth-order valence-corrected chi connectivity index (χ4v) is 5.35. The van der Waals surface area contributed by atoms with Crippen LogP contribution in [-0.4, -0.2) is 24.5 Å². The number of likely N-dealkylation sites (tertiary alicyclic amines) is 1. The van der Waals surface area contributed by atoms with Gasteiger partial charge in [-0.3, -0.25) is 0 Å². The number of piperidine rings is 1. The molecule has 1 aromatic carbocycles. The first kappa shape index (κ1) is 13.7. The van der Waals surface area contributed by atoms with E-state index >= 15 is 0 Å². The summed E-state index contributed by atoms with van der Waals surface area (Å²) in [5.74, 6) is 0.672. The SMILES string of the molecule is CN1CC[C@@]23CCCC[C@@H]2[C@@H]1Cc1ccc(C(F)F)cc13. The van der Waals surface area contributed by atoms with Gasteiger partial charge in [0.25, 0.3) is 6.43 Å². The van der Waals surface area contributed by atoms with E-state index in [2.05, 4.69) is 11.9 Å². The molecule has 0 aromatic heterocycles. The lowest BCUT2D eigenvalue weighted by Gasteiger charge is -2.58. The number of likely N-dealkylation sites (N-methyl/N-ethyl adjacent to an activating group) is 1. The van der Waals surface area contributed by atoms with E-state index < -0.39 is 6.43 Å². The molecule has 2 bridgehead atoms. The van der Waals surface area contributed by atoms with Crippen molar-refractivity contribution in [3.8, 4) is 0 Å². The molecular weight excluding hydrogens is 268 g/mol. The minimum atomic E-state index is -2.35. The zero-order valence-corrected chi connectivity index (χ0v) is 12.6. The van der Waals surface area contributed by atoms with Crippen LogP contribution in [0.1, 0.15) is 55.2 Å². The minimum absolute atomic E-state index is 0.188. The number of benzene rings is 1. The molecule has 1 saturated carbocycles. The highest BCUT2D eigenvalue weighted by molar-refractivity contribution is 5.44. The van der Waals surface area contributed by atoms with E-state index in [1.807, 2.05) is 12.1 Å². The second-order valence-corrected chi connectivity index (χ2v) is 7.23. The lowest BCUT2D eigenvalue weighted by atomic mass is 9.52. The Kier molecular flexibility index (Phi) is 3.11. The van der Waals surface area contributed by atoms with Crippen LogP contribution in [0.3, 0.4) is 0 Å². The number of fused-ring (bicyclic) bond motifs is 1. The van der Waals surface area contributed by atoms with E-state index in [1.54, 1.807) is 6.07 Å². The molecule has 2 aliphatic carbocycles. The normalized spacial score (nSPS) is 35.4. The third kappa shape index (κ3) is 1.89. The van der Waals surface area contributed by atoms with Crippen LogP contribution in [0.15, 0.2) is 18.2 Å². The number of nitrogens with zero attached hydrogens (tertiary/aromatic N) is 1. The van der Waals surface area contributed by atoms with Crippen LogP contribution in [0.2, 0.25) is 0 Å². The molecule has 0 N–H and O–H groups in total. The van der Waals surface area contributed by atoms with Crippen molar-refractivity contribution in [2.75, 3.05) is 13.6 Å². The first-order valence-corrected chi connectivity index (χ1v) is 8.23. The summed E-state index contributed by atoms with van der Waals surface area (Å²) in [5.41, 5.74) is 3.00. The maximum Gasteiger partial charge on any atom is 0.263 e. The molecule has 0 amide bonds. The van der Waals surface area contributed by atoms with E-state index in [9.17, 15) is 8.78 Å². The van der Waals surface area contributed by atoms with Crippen molar-refractivity contribution in [1.82, 2.24) is 4.90 Å². The molecule has 3 atom stereocenters. The van der Waals surface area contributed by atoms with Crippen LogP contribution in [-0.2, 0) is 11.8 Å². The smallest absolute Gasteiger partial charge is 0.263 e. The van der Waals surface area contributed by atoms with Gasteiger partial charge in [-0.25, -0.2) is 8.78 Å². The Morgan fingerprint density at radius 1 is 1.24 bits per heavy atom. The van der Waals surface area contributed by atoms with E-state index in [0.717, 1.165) is 19.4 Å². The standard InChI is InChI=1S/C18H23F2N/c1-21-9-8-18-7-3-2-4-14(18)16(21)11-12-5-6-13(17(19)20)10-15(12)18/h5-6,10,14,16-17H,2-4,7-9,11H2,1H3/t14-,16+,18+/m1/s1. The van der Waals surface area contributed by atoms with E-state index in [0.29, 0.717) is 12.0 Å². The lowest BCUT2D eigenvalue weighted by molar-refractivity contribution is 0.00263. The van der Waals surface area contributed by atoms with Gasteiger partial charge in [0, 0.05) is 17.0 Å². The van der Waals surface area contributed by atoms with Crippen molar-refractivity contribution >= 4 is 0 Å². The van der Waals surface area contributed by atoms with Crippen molar-refractivity contribution in [2.45, 2.75) is 56.4 Å². The highest BCUT2D eigenvalue weighted by Gasteiger charge is 2.53. The van der Waals surface area contributed by atoms with Gasteiger partial charge in [0.1, 0.15) is 0 Å². The lowest BCUT2D eigenvalue weighted by Crippen LogP contribution is -2.59. The highest BCUT2D eigenvalue weighted by Crippen LogP contribution is 2.55. The van der Waals surface area contributed by atoms with E-state index in [-0.39, 0.29) is 11.0 Å². The number of hydrogen-bond acceptors (Lipinski definition) is 1. The van der Waals surface area contributed by atoms with E-state index in [4.69, 9.17) is 0 Å². The average Bonchev–Trinajstić information content (AvgIpc) is 2.50. The van der Waals surface area contributed by atoms with Crippen LogP contribution >= 0.6 is 0 Å². The minimum Gasteiger partial charge on any atom is -0.303 e. The van der Waals surface area contributed by atoms with Crippen LogP contribution < -0.4 is 0 Å². The Morgan fingerprint density at radius 2 is 2.10 bits per heavy atom. The Hall–Kier alpha value is -0.960. The fourth-order valence-electron chi connectivity index (χ4n) is 5.35. The van der Waals surface area contributed by atoms with Crippen molar-refractivity contribution in [3.05, 3.63) is 34.9 Å². The molecule has 114 valence electrons. The average molecular weight is 291 g/mol. The summed E-state index contributed by atoms with van der Waals surface area (Å²) in [6, 6.07) is 6.08. The third-order valence-corrected chi connectivity index (χ3v) is 6.39. The van der Waals surface area contributed by atoms with Crippen molar-refractivity contribution in [3.63, 3.8) is 0 Å². The molecular formula is C18H23F2N. The highest BCUT2D eigenvalue weighted by atomic mass is 19.3. The summed E-state index contributed by atoms with van der Waals surface area (Å²) < 4.78 is 26.3. The molecule has 0 radical (unpaired) electrons. The van der Waals surface area contributed by atoms with Crippen LogP contribution in [0.4, 0.5) is 8.78 Å². The summed E-state index contributed by atoms with van der Waals surface area (Å²) in [6.45, 7) is 1.11. The van der Waals surface area contributed by atoms with Gasteiger partial charge in [-0.05, 0) is 62.4 Å². The maximum atomic E-state index is 13.1. The second-order valence-electron chi connectivity index (χ2n) is 7.23. The van der Waals surface area contributed by atoms with E-state index in [1.165, 1.54) is 36.8 Å². The second kappa shape index (κ2) is 4.77. The van der Waals surface area contributed by atoms with Gasteiger partial charge >= 0.3 is 0 Å².